The molecule has 6 nitrogen and oxygen atoms in total. The number of rotatable bonds is 6. The van der Waals surface area contributed by atoms with Crippen LogP contribution in [0, 0.1) is 0 Å². The number of aliphatic hydroxyl groups excluding tert-OH is 2. The highest BCUT2D eigenvalue weighted by atomic mass is 16.5. The number of carboxylic acids is 1. The molecule has 6 heteroatoms. The highest BCUT2D eigenvalue weighted by molar-refractivity contribution is 5.88. The molecule has 0 fully saturated rings. The van der Waals surface area contributed by atoms with Gasteiger partial charge in [0, 0.05) is 12.1 Å². The van der Waals surface area contributed by atoms with Gasteiger partial charge in [0.05, 0.1) is 18.8 Å². The van der Waals surface area contributed by atoms with E-state index in [-0.39, 0.29) is 17.7 Å². The molecule has 1 aromatic rings. The molecule has 0 aliphatic carbocycles. The lowest BCUT2D eigenvalue weighted by atomic mass is 10.0. The zero-order valence-electron chi connectivity index (χ0n) is 10.3. The van der Waals surface area contributed by atoms with E-state index in [0.29, 0.717) is 5.75 Å². The molecule has 1 aromatic carbocycles. The predicted octanol–water partition coefficient (Wildman–Crippen LogP) is 0.00710. The van der Waals surface area contributed by atoms with Gasteiger partial charge < -0.3 is 25.4 Å². The first-order valence-corrected chi connectivity index (χ1v) is 5.43. The molecule has 0 aliphatic heterocycles. The summed E-state index contributed by atoms with van der Waals surface area (Å²) in [4.78, 5) is 10.9. The highest BCUT2D eigenvalue weighted by Crippen LogP contribution is 2.28. The third-order valence-electron chi connectivity index (χ3n) is 2.57. The molecule has 0 aliphatic rings. The maximum absolute atomic E-state index is 10.9. The lowest BCUT2D eigenvalue weighted by Crippen LogP contribution is -2.29. The first-order valence-electron chi connectivity index (χ1n) is 5.43. The Hall–Kier alpha value is -1.63. The first kappa shape index (κ1) is 14.4. The molecule has 2 unspecified atom stereocenters. The summed E-state index contributed by atoms with van der Waals surface area (Å²) in [5.41, 5.74) is 0.279. The van der Waals surface area contributed by atoms with Gasteiger partial charge in [0.2, 0.25) is 0 Å². The second kappa shape index (κ2) is 6.34. The number of nitrogens with one attached hydrogen (secondary N) is 1. The van der Waals surface area contributed by atoms with E-state index in [4.69, 9.17) is 9.84 Å². The van der Waals surface area contributed by atoms with Crippen LogP contribution < -0.4 is 10.1 Å². The molecular weight excluding hydrogens is 238 g/mol. The number of carboxylic acid groups (broad SMARTS) is 1. The Balaban J connectivity index is 3.10. The maximum Gasteiger partial charge on any atom is 0.335 e. The topological polar surface area (TPSA) is 99.0 Å². The van der Waals surface area contributed by atoms with E-state index < -0.39 is 18.2 Å². The zero-order valence-corrected chi connectivity index (χ0v) is 10.3. The Morgan fingerprint density at radius 2 is 2.11 bits per heavy atom. The van der Waals surface area contributed by atoms with Gasteiger partial charge in [-0.2, -0.15) is 0 Å². The smallest absolute Gasteiger partial charge is 0.335 e. The van der Waals surface area contributed by atoms with Gasteiger partial charge in [-0.3, -0.25) is 0 Å². The zero-order chi connectivity index (χ0) is 13.7. The second-order valence-corrected chi connectivity index (χ2v) is 3.83. The van der Waals surface area contributed by atoms with Gasteiger partial charge in [0.1, 0.15) is 11.9 Å². The number of benzene rings is 1. The van der Waals surface area contributed by atoms with Crippen molar-refractivity contribution in [3.8, 4) is 5.75 Å². The van der Waals surface area contributed by atoms with Crippen molar-refractivity contribution in [2.45, 2.75) is 12.2 Å². The maximum atomic E-state index is 10.9. The van der Waals surface area contributed by atoms with E-state index in [0.717, 1.165) is 0 Å². The molecule has 1 rings (SSSR count). The summed E-state index contributed by atoms with van der Waals surface area (Å²) in [6.07, 6.45) is -2.26. The minimum Gasteiger partial charge on any atom is -0.496 e. The summed E-state index contributed by atoms with van der Waals surface area (Å²) in [5, 5.41) is 31.3. The summed E-state index contributed by atoms with van der Waals surface area (Å²) >= 11 is 0. The lowest BCUT2D eigenvalue weighted by molar-refractivity contribution is 0.0188. The number of ether oxygens (including phenoxy) is 1. The number of hydrogen-bond donors (Lipinski definition) is 4. The fourth-order valence-corrected chi connectivity index (χ4v) is 1.63. The predicted molar refractivity (Wildman–Crippen MR) is 64.8 cm³/mol. The van der Waals surface area contributed by atoms with Crippen molar-refractivity contribution in [1.82, 2.24) is 5.32 Å². The van der Waals surface area contributed by atoms with Crippen molar-refractivity contribution < 1.29 is 24.9 Å². The van der Waals surface area contributed by atoms with Crippen LogP contribution in [0.1, 0.15) is 22.0 Å². The fraction of sp³-hybridized carbons (Fsp3) is 0.417. The molecule has 0 radical (unpaired) electrons. The van der Waals surface area contributed by atoms with Crippen LogP contribution in [-0.2, 0) is 0 Å². The Bertz CT molecular complexity index is 421. The van der Waals surface area contributed by atoms with Crippen LogP contribution in [0.4, 0.5) is 0 Å². The number of carbonyl (C=O) groups is 1. The molecule has 0 heterocycles. The standard InChI is InChI=1S/C12H17NO5/c1-13-6-9(14)11(15)8-5-7(12(16)17)3-4-10(8)18-2/h3-5,9,11,13-15H,6H2,1-2H3,(H,16,17). The Morgan fingerprint density at radius 3 is 2.61 bits per heavy atom. The Labute approximate surface area is 105 Å². The van der Waals surface area contributed by atoms with Crippen LogP contribution in [0.2, 0.25) is 0 Å². The summed E-state index contributed by atoms with van der Waals surface area (Å²) in [5.74, 6) is -0.767. The largest absolute Gasteiger partial charge is 0.496 e. The number of methoxy groups -OCH3 is 1. The van der Waals surface area contributed by atoms with Gasteiger partial charge in [-0.15, -0.1) is 0 Å². The Kier molecular flexibility index (Phi) is 5.08. The quantitative estimate of drug-likeness (QED) is 0.571. The number of aromatic carboxylic acids is 1. The van der Waals surface area contributed by atoms with Crippen molar-refractivity contribution in [3.63, 3.8) is 0 Å². The molecule has 4 N–H and O–H groups in total. The monoisotopic (exact) mass is 255 g/mol. The number of likely N-dealkylation sites (N-methyl/N-ethyl adjacent to an activating group) is 1. The van der Waals surface area contributed by atoms with Gasteiger partial charge in [0.15, 0.2) is 0 Å². The second-order valence-electron chi connectivity index (χ2n) is 3.83. The van der Waals surface area contributed by atoms with Crippen LogP contribution in [0.25, 0.3) is 0 Å². The summed E-state index contributed by atoms with van der Waals surface area (Å²) in [6, 6.07) is 4.13. The van der Waals surface area contributed by atoms with E-state index in [1.165, 1.54) is 25.3 Å². The molecule has 0 saturated heterocycles. The molecule has 0 saturated carbocycles. The van der Waals surface area contributed by atoms with Crippen molar-refractivity contribution in [3.05, 3.63) is 29.3 Å². The van der Waals surface area contributed by atoms with Gasteiger partial charge in [-0.1, -0.05) is 0 Å². The van der Waals surface area contributed by atoms with E-state index in [1.807, 2.05) is 0 Å². The molecule has 0 bridgehead atoms. The molecule has 18 heavy (non-hydrogen) atoms. The number of aliphatic hydroxyl groups is 2. The average molecular weight is 255 g/mol. The fourth-order valence-electron chi connectivity index (χ4n) is 1.63. The minimum absolute atomic E-state index is 0.0292. The summed E-state index contributed by atoms with van der Waals surface area (Å²) < 4.78 is 5.05. The first-order chi connectivity index (χ1) is 8.51. The van der Waals surface area contributed by atoms with Gasteiger partial charge in [0.25, 0.3) is 0 Å². The van der Waals surface area contributed by atoms with Crippen molar-refractivity contribution in [2.24, 2.45) is 0 Å². The average Bonchev–Trinajstić information content (AvgIpc) is 2.37. The Morgan fingerprint density at radius 1 is 1.44 bits per heavy atom. The van der Waals surface area contributed by atoms with E-state index in [9.17, 15) is 15.0 Å². The van der Waals surface area contributed by atoms with Crippen molar-refractivity contribution >= 4 is 5.97 Å². The summed E-state index contributed by atoms with van der Waals surface area (Å²) in [7, 11) is 3.05. The van der Waals surface area contributed by atoms with Gasteiger partial charge >= 0.3 is 5.97 Å². The van der Waals surface area contributed by atoms with E-state index in [1.54, 1.807) is 7.05 Å². The van der Waals surface area contributed by atoms with Crippen LogP contribution >= 0.6 is 0 Å². The molecule has 0 amide bonds. The normalized spacial score (nSPS) is 14.0. The van der Waals surface area contributed by atoms with Crippen LogP contribution in [0.15, 0.2) is 18.2 Å². The molecule has 100 valence electrons. The van der Waals surface area contributed by atoms with Crippen LogP contribution in [0.3, 0.4) is 0 Å². The molecule has 0 aromatic heterocycles. The summed E-state index contributed by atoms with van der Waals surface area (Å²) in [6.45, 7) is 0.182. The van der Waals surface area contributed by atoms with Crippen LogP contribution in [0.5, 0.6) is 5.75 Å². The SMILES string of the molecule is CNCC(O)C(O)c1cc(C(=O)O)ccc1OC. The highest BCUT2D eigenvalue weighted by Gasteiger charge is 2.22. The minimum atomic E-state index is -1.22. The van der Waals surface area contributed by atoms with Crippen molar-refractivity contribution in [1.29, 1.82) is 0 Å². The van der Waals surface area contributed by atoms with E-state index >= 15 is 0 Å². The molecular formula is C12H17NO5. The van der Waals surface area contributed by atoms with Crippen molar-refractivity contribution in [2.75, 3.05) is 20.7 Å². The van der Waals surface area contributed by atoms with Crippen LogP contribution in [-0.4, -0.2) is 48.1 Å². The van der Waals surface area contributed by atoms with Gasteiger partial charge in [-0.05, 0) is 25.2 Å². The molecule has 0 spiro atoms. The third kappa shape index (κ3) is 3.19. The molecule has 2 atom stereocenters. The number of hydrogen-bond acceptors (Lipinski definition) is 5. The van der Waals surface area contributed by atoms with Gasteiger partial charge in [-0.25, -0.2) is 4.79 Å². The third-order valence-corrected chi connectivity index (χ3v) is 2.57. The lowest BCUT2D eigenvalue weighted by Gasteiger charge is -2.20. The van der Waals surface area contributed by atoms with E-state index in [2.05, 4.69) is 5.32 Å².